The van der Waals surface area contributed by atoms with Gasteiger partial charge in [0, 0.05) is 12.5 Å². The minimum atomic E-state index is -0.591. The van der Waals surface area contributed by atoms with Crippen LogP contribution in [0.4, 0.5) is 0 Å². The summed E-state index contributed by atoms with van der Waals surface area (Å²) in [5.41, 5.74) is 1.79. The first-order valence-corrected chi connectivity index (χ1v) is 8.13. The van der Waals surface area contributed by atoms with Crippen LogP contribution in [0.1, 0.15) is 37.3 Å². The quantitative estimate of drug-likeness (QED) is 0.846. The molecule has 0 aliphatic carbocycles. The van der Waals surface area contributed by atoms with Crippen molar-refractivity contribution < 1.29 is 9.53 Å². The van der Waals surface area contributed by atoms with E-state index in [1.54, 1.807) is 31.2 Å². The number of benzene rings is 2. The number of nitrogens with zero attached hydrogens (tertiary/aromatic N) is 1. The van der Waals surface area contributed by atoms with Crippen LogP contribution < -0.4 is 10.1 Å². The Morgan fingerprint density at radius 2 is 1.83 bits per heavy atom. The Hall–Kier alpha value is -2.80. The number of ether oxygens (including phenoxy) is 1. The van der Waals surface area contributed by atoms with Gasteiger partial charge in [0.2, 0.25) is 0 Å². The zero-order chi connectivity index (χ0) is 17.4. The molecule has 0 saturated carbocycles. The Labute approximate surface area is 143 Å². The van der Waals surface area contributed by atoms with Crippen LogP contribution in [0.25, 0.3) is 0 Å². The molecule has 0 saturated heterocycles. The highest BCUT2D eigenvalue weighted by Crippen LogP contribution is 2.18. The molecule has 0 unspecified atom stereocenters. The number of amides is 1. The van der Waals surface area contributed by atoms with E-state index in [9.17, 15) is 4.79 Å². The first-order valence-electron chi connectivity index (χ1n) is 8.13. The van der Waals surface area contributed by atoms with Crippen molar-refractivity contribution in [1.29, 1.82) is 5.26 Å². The third-order valence-corrected chi connectivity index (χ3v) is 3.95. The summed E-state index contributed by atoms with van der Waals surface area (Å²) >= 11 is 0. The summed E-state index contributed by atoms with van der Waals surface area (Å²) in [6.07, 6.45) is 0.362. The van der Waals surface area contributed by atoms with Crippen LogP contribution in [0.15, 0.2) is 54.6 Å². The molecule has 2 aromatic carbocycles. The zero-order valence-corrected chi connectivity index (χ0v) is 14.0. The van der Waals surface area contributed by atoms with E-state index in [4.69, 9.17) is 10.00 Å². The second-order valence-corrected chi connectivity index (χ2v) is 5.66. The topological polar surface area (TPSA) is 62.1 Å². The summed E-state index contributed by atoms with van der Waals surface area (Å²) in [7, 11) is 0. The van der Waals surface area contributed by atoms with E-state index in [0.717, 1.165) is 6.42 Å². The monoisotopic (exact) mass is 322 g/mol. The fourth-order valence-electron chi connectivity index (χ4n) is 2.46. The molecule has 0 spiro atoms. The number of nitrogens with one attached hydrogen (secondary N) is 1. The van der Waals surface area contributed by atoms with Gasteiger partial charge in [0.05, 0.1) is 11.6 Å². The number of hydrogen-bond acceptors (Lipinski definition) is 3. The van der Waals surface area contributed by atoms with Crippen molar-refractivity contribution in [2.45, 2.75) is 32.3 Å². The fraction of sp³-hybridized carbons (Fsp3) is 0.300. The predicted octanol–water partition coefficient (Wildman–Crippen LogP) is 3.64. The minimum absolute atomic E-state index is 0.145. The molecule has 1 amide bonds. The van der Waals surface area contributed by atoms with Gasteiger partial charge in [-0.2, -0.15) is 5.26 Å². The van der Waals surface area contributed by atoms with Crippen molar-refractivity contribution in [1.82, 2.24) is 5.32 Å². The summed E-state index contributed by atoms with van der Waals surface area (Å²) in [6.45, 7) is 4.41. The van der Waals surface area contributed by atoms with Gasteiger partial charge < -0.3 is 10.1 Å². The number of carbonyl (C=O) groups excluding carboxylic acids is 1. The van der Waals surface area contributed by atoms with Crippen LogP contribution in [0, 0.1) is 11.3 Å². The molecule has 0 fully saturated rings. The Kier molecular flexibility index (Phi) is 6.39. The van der Waals surface area contributed by atoms with Crippen molar-refractivity contribution in [3.63, 3.8) is 0 Å². The van der Waals surface area contributed by atoms with E-state index in [1.165, 1.54) is 5.56 Å². The average molecular weight is 322 g/mol. The smallest absolute Gasteiger partial charge is 0.260 e. The van der Waals surface area contributed by atoms with Crippen LogP contribution in [0.2, 0.25) is 0 Å². The van der Waals surface area contributed by atoms with E-state index in [0.29, 0.717) is 17.9 Å². The lowest BCUT2D eigenvalue weighted by atomic mass is 9.96. The number of nitriles is 1. The van der Waals surface area contributed by atoms with Crippen molar-refractivity contribution in [3.05, 3.63) is 65.7 Å². The summed E-state index contributed by atoms with van der Waals surface area (Å²) in [5, 5.41) is 11.7. The highest BCUT2D eigenvalue weighted by Gasteiger charge is 2.17. The molecule has 124 valence electrons. The highest BCUT2D eigenvalue weighted by molar-refractivity contribution is 5.80. The summed E-state index contributed by atoms with van der Waals surface area (Å²) < 4.78 is 5.63. The van der Waals surface area contributed by atoms with Crippen molar-refractivity contribution >= 4 is 5.91 Å². The van der Waals surface area contributed by atoms with Gasteiger partial charge in [0.15, 0.2) is 6.10 Å². The number of rotatable bonds is 7. The van der Waals surface area contributed by atoms with Gasteiger partial charge in [-0.1, -0.05) is 37.3 Å². The standard InChI is InChI=1S/C20H22N2O2/c1-3-17(18-7-5-4-6-8-18)14-22-20(23)15(2)24-19-11-9-16(13-21)10-12-19/h4-12,15,17H,3,14H2,1-2H3,(H,22,23)/t15-,17-/m1/s1. The predicted molar refractivity (Wildman–Crippen MR) is 93.7 cm³/mol. The molecule has 0 radical (unpaired) electrons. The van der Waals surface area contributed by atoms with Crippen molar-refractivity contribution in [3.8, 4) is 11.8 Å². The molecule has 0 aromatic heterocycles. The minimum Gasteiger partial charge on any atom is -0.481 e. The first kappa shape index (κ1) is 17.6. The molecule has 2 atom stereocenters. The molecule has 4 heteroatoms. The number of hydrogen-bond donors (Lipinski definition) is 1. The summed E-state index contributed by atoms with van der Waals surface area (Å²) in [4.78, 5) is 12.2. The molecule has 0 bridgehead atoms. The van der Waals surface area contributed by atoms with Crippen LogP contribution in [0.5, 0.6) is 5.75 Å². The SMILES string of the molecule is CC[C@H](CNC(=O)[C@@H](C)Oc1ccc(C#N)cc1)c1ccccc1. The lowest BCUT2D eigenvalue weighted by molar-refractivity contribution is -0.127. The van der Waals surface area contributed by atoms with Gasteiger partial charge in [-0.25, -0.2) is 0 Å². The molecule has 1 N–H and O–H groups in total. The van der Waals surface area contributed by atoms with E-state index in [-0.39, 0.29) is 11.8 Å². The maximum Gasteiger partial charge on any atom is 0.260 e. The molecule has 2 rings (SSSR count). The molecule has 24 heavy (non-hydrogen) atoms. The normalized spacial score (nSPS) is 12.7. The molecule has 0 aliphatic rings. The molecular weight excluding hydrogens is 300 g/mol. The molecule has 0 heterocycles. The Balaban J connectivity index is 1.87. The van der Waals surface area contributed by atoms with Crippen LogP contribution in [0.3, 0.4) is 0 Å². The molecule has 2 aromatic rings. The van der Waals surface area contributed by atoms with Gasteiger partial charge >= 0.3 is 0 Å². The maximum atomic E-state index is 12.2. The van der Waals surface area contributed by atoms with Crippen molar-refractivity contribution in [2.75, 3.05) is 6.54 Å². The average Bonchev–Trinajstić information content (AvgIpc) is 2.63. The largest absolute Gasteiger partial charge is 0.481 e. The summed E-state index contributed by atoms with van der Waals surface area (Å²) in [6, 6.07) is 18.9. The molecule has 4 nitrogen and oxygen atoms in total. The molecular formula is C20H22N2O2. The van der Waals surface area contributed by atoms with Gasteiger partial charge in [-0.15, -0.1) is 0 Å². The maximum absolute atomic E-state index is 12.2. The third kappa shape index (κ3) is 4.85. The lowest BCUT2D eigenvalue weighted by Crippen LogP contribution is -2.38. The van der Waals surface area contributed by atoms with Gasteiger partial charge in [-0.05, 0) is 43.2 Å². The van der Waals surface area contributed by atoms with Gasteiger partial charge in [-0.3, -0.25) is 4.79 Å². The Morgan fingerprint density at radius 3 is 2.42 bits per heavy atom. The second-order valence-electron chi connectivity index (χ2n) is 5.66. The Morgan fingerprint density at radius 1 is 1.17 bits per heavy atom. The van der Waals surface area contributed by atoms with Crippen LogP contribution in [-0.2, 0) is 4.79 Å². The van der Waals surface area contributed by atoms with E-state index in [1.807, 2.05) is 18.2 Å². The second kappa shape index (κ2) is 8.73. The van der Waals surface area contributed by atoms with E-state index in [2.05, 4.69) is 30.4 Å². The van der Waals surface area contributed by atoms with E-state index < -0.39 is 6.10 Å². The van der Waals surface area contributed by atoms with Crippen LogP contribution >= 0.6 is 0 Å². The Bertz CT molecular complexity index is 690. The number of carbonyl (C=O) groups is 1. The third-order valence-electron chi connectivity index (χ3n) is 3.95. The fourth-order valence-corrected chi connectivity index (χ4v) is 2.46. The lowest BCUT2D eigenvalue weighted by Gasteiger charge is -2.19. The van der Waals surface area contributed by atoms with Crippen molar-refractivity contribution in [2.24, 2.45) is 0 Å². The van der Waals surface area contributed by atoms with Crippen LogP contribution in [-0.4, -0.2) is 18.6 Å². The highest BCUT2D eigenvalue weighted by atomic mass is 16.5. The first-order chi connectivity index (χ1) is 11.6. The van der Waals surface area contributed by atoms with Gasteiger partial charge in [0.1, 0.15) is 5.75 Å². The zero-order valence-electron chi connectivity index (χ0n) is 14.0. The summed E-state index contributed by atoms with van der Waals surface area (Å²) in [5.74, 6) is 0.720. The van der Waals surface area contributed by atoms with E-state index >= 15 is 0 Å². The molecule has 0 aliphatic heterocycles. The van der Waals surface area contributed by atoms with Gasteiger partial charge in [0.25, 0.3) is 5.91 Å².